The van der Waals surface area contributed by atoms with Gasteiger partial charge in [-0.25, -0.2) is 4.79 Å². The molecule has 132 valence electrons. The van der Waals surface area contributed by atoms with Gasteiger partial charge in [0.25, 0.3) is 5.91 Å². The Bertz CT molecular complexity index is 989. The third-order valence-electron chi connectivity index (χ3n) is 4.00. The predicted molar refractivity (Wildman–Crippen MR) is 96.0 cm³/mol. The number of pyridine rings is 1. The molecule has 8 nitrogen and oxygen atoms in total. The number of aromatic nitrogens is 3. The Balaban J connectivity index is 1.57. The summed E-state index contributed by atoms with van der Waals surface area (Å²) in [5.74, 6) is 0.174. The summed E-state index contributed by atoms with van der Waals surface area (Å²) < 4.78 is 6.12. The topological polar surface area (TPSA) is 101 Å². The molecule has 0 spiro atoms. The number of hydrogen-bond donors (Lipinski definition) is 1. The van der Waals surface area contributed by atoms with Crippen molar-refractivity contribution in [2.45, 2.75) is 19.0 Å². The van der Waals surface area contributed by atoms with Gasteiger partial charge in [-0.2, -0.15) is 4.98 Å². The van der Waals surface area contributed by atoms with Crippen molar-refractivity contribution in [3.63, 3.8) is 0 Å². The molecule has 1 saturated heterocycles. The highest BCUT2D eigenvalue weighted by Crippen LogP contribution is 2.30. The Morgan fingerprint density at radius 1 is 1.38 bits per heavy atom. The van der Waals surface area contributed by atoms with E-state index >= 15 is 0 Å². The summed E-state index contributed by atoms with van der Waals surface area (Å²) >= 11 is 4.83. The molecule has 0 saturated carbocycles. The molecule has 1 fully saturated rings. The van der Waals surface area contributed by atoms with Gasteiger partial charge in [0.2, 0.25) is 11.7 Å². The molecule has 26 heavy (non-hydrogen) atoms. The lowest BCUT2D eigenvalue weighted by Crippen LogP contribution is -2.41. The molecule has 3 amide bonds. The number of thiophene rings is 1. The largest absolute Gasteiger partial charge is 0.337 e. The lowest BCUT2D eigenvalue weighted by Gasteiger charge is -2.20. The zero-order valence-electron chi connectivity index (χ0n) is 13.5. The van der Waals surface area contributed by atoms with Gasteiger partial charge in [0, 0.05) is 16.0 Å². The predicted octanol–water partition coefficient (Wildman–Crippen LogP) is 2.92. The Morgan fingerprint density at radius 2 is 2.23 bits per heavy atom. The van der Waals surface area contributed by atoms with E-state index in [1.54, 1.807) is 31.3 Å². The molecule has 1 unspecified atom stereocenters. The summed E-state index contributed by atoms with van der Waals surface area (Å²) in [6.07, 6.45) is 1.58. The van der Waals surface area contributed by atoms with E-state index in [1.165, 1.54) is 11.3 Å². The second-order valence-corrected chi connectivity index (χ2v) is 7.63. The van der Waals surface area contributed by atoms with Crippen molar-refractivity contribution in [1.29, 1.82) is 0 Å². The van der Waals surface area contributed by atoms with Gasteiger partial charge in [0.1, 0.15) is 6.54 Å². The number of carbonyl (C=O) groups is 2. The molecule has 3 aromatic heterocycles. The number of imide groups is 1. The number of amides is 3. The standard InChI is InChI=1S/C16H12BrN5O3S/c1-16(11-4-2-3-5-18-11)14(23)22(15(24)20-16)7-12-19-13(21-25-12)10-6-9(17)8-26-10/h2-6,8H,7H2,1H3,(H,20,24). The molecular weight excluding hydrogens is 422 g/mol. The average Bonchev–Trinajstić information content (AvgIpc) is 3.32. The van der Waals surface area contributed by atoms with Gasteiger partial charge in [-0.3, -0.25) is 14.7 Å². The lowest BCUT2D eigenvalue weighted by atomic mass is 9.97. The fourth-order valence-electron chi connectivity index (χ4n) is 2.66. The van der Waals surface area contributed by atoms with Gasteiger partial charge >= 0.3 is 6.03 Å². The summed E-state index contributed by atoms with van der Waals surface area (Å²) in [6.45, 7) is 1.52. The number of nitrogens with zero attached hydrogens (tertiary/aromatic N) is 4. The van der Waals surface area contributed by atoms with Crippen molar-refractivity contribution in [2.24, 2.45) is 0 Å². The minimum absolute atomic E-state index is 0.105. The van der Waals surface area contributed by atoms with Gasteiger partial charge in [0.05, 0.1) is 10.6 Å². The molecule has 3 aromatic rings. The third kappa shape index (κ3) is 2.80. The normalized spacial score (nSPS) is 19.8. The molecule has 0 bridgehead atoms. The van der Waals surface area contributed by atoms with E-state index in [0.717, 1.165) is 14.2 Å². The van der Waals surface area contributed by atoms with Gasteiger partial charge in [-0.1, -0.05) is 11.2 Å². The molecule has 0 radical (unpaired) electrons. The number of rotatable bonds is 4. The van der Waals surface area contributed by atoms with Crippen LogP contribution in [0.25, 0.3) is 10.7 Å². The van der Waals surface area contributed by atoms with Crippen molar-refractivity contribution in [1.82, 2.24) is 25.3 Å². The summed E-state index contributed by atoms with van der Waals surface area (Å²) in [4.78, 5) is 35.5. The number of halogens is 1. The molecule has 1 N–H and O–H groups in total. The monoisotopic (exact) mass is 433 g/mol. The summed E-state index contributed by atoms with van der Waals surface area (Å²) in [5.41, 5.74) is -0.754. The van der Waals surface area contributed by atoms with Gasteiger partial charge in [-0.05, 0) is 41.1 Å². The highest BCUT2D eigenvalue weighted by molar-refractivity contribution is 9.10. The van der Waals surface area contributed by atoms with Crippen LogP contribution in [0.4, 0.5) is 4.79 Å². The van der Waals surface area contributed by atoms with E-state index < -0.39 is 17.5 Å². The highest BCUT2D eigenvalue weighted by atomic mass is 79.9. The van der Waals surface area contributed by atoms with E-state index in [4.69, 9.17) is 4.52 Å². The molecule has 1 atom stereocenters. The van der Waals surface area contributed by atoms with Crippen LogP contribution in [0.2, 0.25) is 0 Å². The second kappa shape index (κ2) is 6.29. The van der Waals surface area contributed by atoms with Crippen molar-refractivity contribution >= 4 is 39.2 Å². The van der Waals surface area contributed by atoms with Gasteiger partial charge < -0.3 is 9.84 Å². The molecule has 0 aliphatic carbocycles. The molecule has 0 aromatic carbocycles. The fraction of sp³-hybridized carbons (Fsp3) is 0.188. The van der Waals surface area contributed by atoms with Crippen LogP contribution in [0.5, 0.6) is 0 Å². The van der Waals surface area contributed by atoms with Gasteiger partial charge in [0.15, 0.2) is 5.54 Å². The van der Waals surface area contributed by atoms with Crippen molar-refractivity contribution in [3.05, 3.63) is 51.9 Å². The first kappa shape index (κ1) is 16.9. The fourth-order valence-corrected chi connectivity index (χ4v) is 4.01. The first-order valence-corrected chi connectivity index (χ1v) is 9.27. The SMILES string of the molecule is CC1(c2ccccn2)NC(=O)N(Cc2nc(-c3cc(Br)cs3)no2)C1=O. The average molecular weight is 434 g/mol. The Kier molecular flexibility index (Phi) is 4.08. The summed E-state index contributed by atoms with van der Waals surface area (Å²) in [6, 6.07) is 6.54. The first-order valence-electron chi connectivity index (χ1n) is 7.60. The van der Waals surface area contributed by atoms with Crippen molar-refractivity contribution in [3.8, 4) is 10.7 Å². The van der Waals surface area contributed by atoms with Crippen molar-refractivity contribution < 1.29 is 14.1 Å². The van der Waals surface area contributed by atoms with Crippen LogP contribution < -0.4 is 5.32 Å². The Labute approximate surface area is 160 Å². The Hall–Kier alpha value is -2.59. The second-order valence-electron chi connectivity index (χ2n) is 5.80. The molecule has 10 heteroatoms. The molecule has 1 aliphatic heterocycles. The zero-order chi connectivity index (χ0) is 18.3. The molecule has 4 heterocycles. The first-order chi connectivity index (χ1) is 12.5. The van der Waals surface area contributed by atoms with E-state index in [2.05, 4.69) is 36.4 Å². The van der Waals surface area contributed by atoms with Crippen LogP contribution in [0.15, 0.2) is 44.8 Å². The number of hydrogen-bond acceptors (Lipinski definition) is 7. The molecular formula is C16H12BrN5O3S. The molecule has 4 rings (SSSR count). The number of carbonyl (C=O) groups excluding carboxylic acids is 2. The van der Waals surface area contributed by atoms with E-state index in [0.29, 0.717) is 11.5 Å². The van der Waals surface area contributed by atoms with Crippen LogP contribution >= 0.6 is 27.3 Å². The van der Waals surface area contributed by atoms with Crippen LogP contribution in [-0.4, -0.2) is 32.0 Å². The van der Waals surface area contributed by atoms with Crippen LogP contribution in [0.1, 0.15) is 18.5 Å². The zero-order valence-corrected chi connectivity index (χ0v) is 15.9. The molecule has 1 aliphatic rings. The minimum atomic E-state index is -1.22. The van der Waals surface area contributed by atoms with E-state index in [9.17, 15) is 9.59 Å². The maximum absolute atomic E-state index is 12.8. The maximum Gasteiger partial charge on any atom is 0.325 e. The van der Waals surface area contributed by atoms with Crippen LogP contribution in [-0.2, 0) is 16.9 Å². The van der Waals surface area contributed by atoms with E-state index in [-0.39, 0.29) is 12.4 Å². The maximum atomic E-state index is 12.8. The highest BCUT2D eigenvalue weighted by Gasteiger charge is 2.50. The van der Waals surface area contributed by atoms with Crippen LogP contribution in [0, 0.1) is 0 Å². The minimum Gasteiger partial charge on any atom is -0.337 e. The Morgan fingerprint density at radius 3 is 2.92 bits per heavy atom. The smallest absolute Gasteiger partial charge is 0.325 e. The number of nitrogens with one attached hydrogen (secondary N) is 1. The third-order valence-corrected chi connectivity index (χ3v) is 5.69. The summed E-state index contributed by atoms with van der Waals surface area (Å²) in [5, 5.41) is 8.50. The summed E-state index contributed by atoms with van der Waals surface area (Å²) in [7, 11) is 0. The lowest BCUT2D eigenvalue weighted by molar-refractivity contribution is -0.131. The van der Waals surface area contributed by atoms with Gasteiger partial charge in [-0.15, -0.1) is 11.3 Å². The van der Waals surface area contributed by atoms with Crippen LogP contribution in [0.3, 0.4) is 0 Å². The quantitative estimate of drug-likeness (QED) is 0.634. The van der Waals surface area contributed by atoms with E-state index in [1.807, 2.05) is 11.4 Å². The van der Waals surface area contributed by atoms with Crippen molar-refractivity contribution in [2.75, 3.05) is 0 Å². The number of urea groups is 1.